The van der Waals surface area contributed by atoms with Crippen LogP contribution in [-0.4, -0.2) is 12.6 Å². The summed E-state index contributed by atoms with van der Waals surface area (Å²) in [4.78, 5) is 10.0. The number of hydrogen-bond donors (Lipinski definition) is 0. The quantitative estimate of drug-likeness (QED) is 0.562. The molecule has 0 unspecified atom stereocenters. The molecule has 0 fully saturated rings. The van der Waals surface area contributed by atoms with Crippen molar-refractivity contribution in [2.45, 2.75) is 0 Å². The molecule has 0 aromatic carbocycles. The van der Waals surface area contributed by atoms with Crippen LogP contribution in [0.15, 0.2) is 9.65 Å². The van der Waals surface area contributed by atoms with Gasteiger partial charge in [-0.3, -0.25) is 0 Å². The van der Waals surface area contributed by atoms with Crippen LogP contribution in [0, 0.1) is 0 Å². The molecule has 5 heteroatoms. The largest absolute Gasteiger partial charge is 0.431 e. The third kappa shape index (κ3) is 5.98. The zero-order valence-corrected chi connectivity index (χ0v) is 7.41. The van der Waals surface area contributed by atoms with Gasteiger partial charge in [0, 0.05) is 0 Å². The van der Waals surface area contributed by atoms with Gasteiger partial charge in [0.25, 0.3) is 0 Å². The molecular formula is C4H3Br2FO2. The number of carbonyl (C=O) groups excluding carboxylic acids is 1. The van der Waals surface area contributed by atoms with E-state index in [4.69, 9.17) is 0 Å². The van der Waals surface area contributed by atoms with E-state index in [0.717, 1.165) is 6.26 Å². The van der Waals surface area contributed by atoms with Gasteiger partial charge in [-0.15, -0.1) is 0 Å². The van der Waals surface area contributed by atoms with Crippen molar-refractivity contribution in [2.24, 2.45) is 0 Å². The summed E-state index contributed by atoms with van der Waals surface area (Å²) < 4.78 is 15.9. The Morgan fingerprint density at radius 2 is 2.22 bits per heavy atom. The lowest BCUT2D eigenvalue weighted by atomic mass is 10.8. The van der Waals surface area contributed by atoms with Crippen LogP contribution in [0.4, 0.5) is 4.39 Å². The Bertz CT molecular complexity index is 131. The third-order valence-corrected chi connectivity index (χ3v) is 0.762. The maximum absolute atomic E-state index is 11.3. The fraction of sp³-hybridized carbons (Fsp3) is 0.250. The van der Waals surface area contributed by atoms with Crippen molar-refractivity contribution in [1.29, 1.82) is 0 Å². The second-order valence-electron chi connectivity index (χ2n) is 1.03. The Balaban J connectivity index is 3.50. The van der Waals surface area contributed by atoms with Crippen molar-refractivity contribution in [1.82, 2.24) is 0 Å². The summed E-state index contributed by atoms with van der Waals surface area (Å²) in [6, 6.07) is 0. The van der Waals surface area contributed by atoms with Crippen molar-refractivity contribution < 1.29 is 13.9 Å². The first-order chi connectivity index (χ1) is 4.16. The van der Waals surface area contributed by atoms with Gasteiger partial charge in [0.2, 0.25) is 0 Å². The minimum absolute atomic E-state index is 0.455. The van der Waals surface area contributed by atoms with Crippen LogP contribution in [0.3, 0.4) is 0 Å². The summed E-state index contributed by atoms with van der Waals surface area (Å²) >= 11 is 5.82. The lowest BCUT2D eigenvalue weighted by Gasteiger charge is -1.90. The highest BCUT2D eigenvalue weighted by Crippen LogP contribution is 2.12. The van der Waals surface area contributed by atoms with Crippen LogP contribution in [0.5, 0.6) is 0 Å². The van der Waals surface area contributed by atoms with E-state index in [0.29, 0.717) is 3.39 Å². The van der Waals surface area contributed by atoms with Crippen LogP contribution < -0.4 is 0 Å². The summed E-state index contributed by atoms with van der Waals surface area (Å²) in [6.07, 6.45) is 1.06. The fourth-order valence-electron chi connectivity index (χ4n) is 0.142. The molecule has 0 N–H and O–H groups in total. The smallest absolute Gasteiger partial charge is 0.342 e. The molecule has 0 aliphatic carbocycles. The van der Waals surface area contributed by atoms with Crippen molar-refractivity contribution in [2.75, 3.05) is 6.67 Å². The first-order valence-corrected chi connectivity index (χ1v) is 3.52. The Kier molecular flexibility index (Phi) is 4.99. The van der Waals surface area contributed by atoms with E-state index in [1.165, 1.54) is 0 Å². The first-order valence-electron chi connectivity index (χ1n) is 1.93. The lowest BCUT2D eigenvalue weighted by molar-refractivity contribution is -0.138. The average Bonchev–Trinajstić information content (AvgIpc) is 1.83. The fourth-order valence-corrected chi connectivity index (χ4v) is 0.329. The van der Waals surface area contributed by atoms with E-state index >= 15 is 0 Å². The molecule has 0 amide bonds. The van der Waals surface area contributed by atoms with Gasteiger partial charge in [0.15, 0.2) is 6.67 Å². The van der Waals surface area contributed by atoms with Crippen LogP contribution in [0.25, 0.3) is 0 Å². The number of ether oxygens (including phenoxy) is 1. The maximum atomic E-state index is 11.3. The van der Waals surface area contributed by atoms with Gasteiger partial charge in [0.1, 0.15) is 6.26 Å². The number of hydrogen-bond acceptors (Lipinski definition) is 2. The SMILES string of the molecule is O=C(CF)OC=C(Br)Br. The molecule has 0 spiro atoms. The van der Waals surface area contributed by atoms with Gasteiger partial charge in [-0.05, 0) is 31.9 Å². The van der Waals surface area contributed by atoms with Crippen LogP contribution in [0.2, 0.25) is 0 Å². The molecule has 0 aromatic heterocycles. The van der Waals surface area contributed by atoms with Crippen LogP contribution >= 0.6 is 31.9 Å². The molecule has 0 radical (unpaired) electrons. The van der Waals surface area contributed by atoms with Crippen LogP contribution in [-0.2, 0) is 9.53 Å². The molecule has 9 heavy (non-hydrogen) atoms. The Morgan fingerprint density at radius 3 is 2.56 bits per heavy atom. The van der Waals surface area contributed by atoms with E-state index in [1.807, 2.05) is 0 Å². The van der Waals surface area contributed by atoms with Crippen molar-refractivity contribution in [3.8, 4) is 0 Å². The van der Waals surface area contributed by atoms with Crippen molar-refractivity contribution >= 4 is 37.8 Å². The second kappa shape index (κ2) is 4.93. The molecular weight excluding hydrogens is 259 g/mol. The van der Waals surface area contributed by atoms with Gasteiger partial charge in [-0.25, -0.2) is 9.18 Å². The van der Waals surface area contributed by atoms with Gasteiger partial charge < -0.3 is 4.74 Å². The zero-order chi connectivity index (χ0) is 7.28. The second-order valence-corrected chi connectivity index (χ2v) is 3.80. The Labute approximate surface area is 68.3 Å². The first kappa shape index (κ1) is 9.10. The number of rotatable bonds is 2. The molecule has 0 atom stereocenters. The predicted octanol–water partition coefficient (Wildman–Crippen LogP) is 2.09. The van der Waals surface area contributed by atoms with Gasteiger partial charge >= 0.3 is 5.97 Å². The Hall–Kier alpha value is 0.1000. The van der Waals surface area contributed by atoms with Crippen molar-refractivity contribution in [3.63, 3.8) is 0 Å². The average molecular weight is 262 g/mol. The third-order valence-electron chi connectivity index (χ3n) is 0.389. The summed E-state index contributed by atoms with van der Waals surface area (Å²) in [5.41, 5.74) is 0. The van der Waals surface area contributed by atoms with E-state index in [2.05, 4.69) is 36.6 Å². The van der Waals surface area contributed by atoms with E-state index < -0.39 is 12.6 Å². The molecule has 0 aliphatic heterocycles. The topological polar surface area (TPSA) is 26.3 Å². The highest BCUT2D eigenvalue weighted by molar-refractivity contribution is 9.28. The van der Waals surface area contributed by atoms with E-state index in [-0.39, 0.29) is 0 Å². The van der Waals surface area contributed by atoms with E-state index in [1.54, 1.807) is 0 Å². The highest BCUT2D eigenvalue weighted by atomic mass is 79.9. The van der Waals surface area contributed by atoms with Gasteiger partial charge in [0.05, 0.1) is 3.39 Å². The zero-order valence-electron chi connectivity index (χ0n) is 4.23. The Morgan fingerprint density at radius 1 is 1.67 bits per heavy atom. The van der Waals surface area contributed by atoms with Gasteiger partial charge in [-0.2, -0.15) is 0 Å². The number of alkyl halides is 1. The highest BCUT2D eigenvalue weighted by Gasteiger charge is 1.96. The molecule has 0 saturated heterocycles. The molecule has 52 valence electrons. The standard InChI is InChI=1S/C4H3Br2FO2/c5-3(6)2-9-4(8)1-7/h2H,1H2. The molecule has 0 heterocycles. The van der Waals surface area contributed by atoms with Gasteiger partial charge in [-0.1, -0.05) is 0 Å². The summed E-state index contributed by atoms with van der Waals surface area (Å²) in [6.45, 7) is -1.11. The number of carbonyl (C=O) groups is 1. The maximum Gasteiger partial charge on any atom is 0.342 e. The molecule has 0 saturated carbocycles. The monoisotopic (exact) mass is 260 g/mol. The molecule has 0 bridgehead atoms. The molecule has 2 nitrogen and oxygen atoms in total. The minimum Gasteiger partial charge on any atom is -0.431 e. The summed E-state index contributed by atoms with van der Waals surface area (Å²) in [5.74, 6) is -0.911. The summed E-state index contributed by atoms with van der Waals surface area (Å²) in [5, 5.41) is 0. The van der Waals surface area contributed by atoms with E-state index in [9.17, 15) is 9.18 Å². The van der Waals surface area contributed by atoms with Crippen molar-refractivity contribution in [3.05, 3.63) is 9.65 Å². The van der Waals surface area contributed by atoms with Crippen LogP contribution in [0.1, 0.15) is 0 Å². The predicted molar refractivity (Wildman–Crippen MR) is 38.0 cm³/mol. The number of esters is 1. The minimum atomic E-state index is -1.11. The molecule has 0 aliphatic rings. The summed E-state index contributed by atoms with van der Waals surface area (Å²) in [7, 11) is 0. The molecule has 0 rings (SSSR count). The molecule has 0 aromatic rings. The normalized spacial score (nSPS) is 8.33. The number of halogens is 3. The lowest BCUT2D eigenvalue weighted by Crippen LogP contribution is -2.00.